The summed E-state index contributed by atoms with van der Waals surface area (Å²) in [4.78, 5) is 3.79. The molecule has 0 radical (unpaired) electrons. The molecule has 0 atom stereocenters. The van der Waals surface area contributed by atoms with Gasteiger partial charge in [-0.1, -0.05) is 11.6 Å². The number of pyridine rings is 1. The predicted octanol–water partition coefficient (Wildman–Crippen LogP) is 1.99. The monoisotopic (exact) mass is 221 g/mol. The van der Waals surface area contributed by atoms with Gasteiger partial charge in [0.1, 0.15) is 5.15 Å². The molecule has 0 aliphatic carbocycles. The highest BCUT2D eigenvalue weighted by Crippen LogP contribution is 2.23. The van der Waals surface area contributed by atoms with E-state index < -0.39 is 0 Å². The Labute approximate surface area is 72.0 Å². The third-order valence-electron chi connectivity index (χ3n) is 1.10. The Hall–Kier alpha value is -0.120. The zero-order valence-electron chi connectivity index (χ0n) is 5.01. The number of halogens is 2. The maximum absolute atomic E-state index is 8.73. The second-order valence-corrected chi connectivity index (χ2v) is 2.88. The quantitative estimate of drug-likeness (QED) is 0.737. The summed E-state index contributed by atoms with van der Waals surface area (Å²) >= 11 is 8.81. The SMILES string of the molecule is OCc1ccnc(Cl)c1Br. The van der Waals surface area contributed by atoms with E-state index in [1.54, 1.807) is 12.3 Å². The zero-order chi connectivity index (χ0) is 7.56. The molecule has 0 amide bonds. The first kappa shape index (κ1) is 7.98. The highest BCUT2D eigenvalue weighted by molar-refractivity contribution is 9.10. The van der Waals surface area contributed by atoms with Gasteiger partial charge in [0.05, 0.1) is 11.1 Å². The molecule has 1 aromatic rings. The molecule has 0 fully saturated rings. The number of hydrogen-bond donors (Lipinski definition) is 1. The van der Waals surface area contributed by atoms with Gasteiger partial charge in [0.15, 0.2) is 0 Å². The Balaban J connectivity index is 3.14. The Morgan fingerprint density at radius 2 is 2.40 bits per heavy atom. The minimum absolute atomic E-state index is 0.0250. The molecule has 0 saturated heterocycles. The van der Waals surface area contributed by atoms with Gasteiger partial charge in [-0.3, -0.25) is 0 Å². The van der Waals surface area contributed by atoms with Crippen LogP contribution in [-0.4, -0.2) is 10.1 Å². The minimum Gasteiger partial charge on any atom is -0.392 e. The average molecular weight is 222 g/mol. The van der Waals surface area contributed by atoms with Crippen molar-refractivity contribution in [3.05, 3.63) is 27.5 Å². The van der Waals surface area contributed by atoms with E-state index in [9.17, 15) is 0 Å². The first-order valence-corrected chi connectivity index (χ1v) is 3.82. The van der Waals surface area contributed by atoms with Crippen molar-refractivity contribution in [1.29, 1.82) is 0 Å². The number of aliphatic hydroxyl groups is 1. The third-order valence-corrected chi connectivity index (χ3v) is 2.50. The van der Waals surface area contributed by atoms with E-state index >= 15 is 0 Å². The molecule has 1 aromatic heterocycles. The first-order chi connectivity index (χ1) is 4.75. The van der Waals surface area contributed by atoms with Crippen LogP contribution in [0.2, 0.25) is 5.15 Å². The molecule has 0 bridgehead atoms. The molecule has 1 rings (SSSR count). The van der Waals surface area contributed by atoms with Crippen LogP contribution in [0.3, 0.4) is 0 Å². The predicted molar refractivity (Wildman–Crippen MR) is 42.9 cm³/mol. The molecule has 1 heterocycles. The molecule has 0 saturated carbocycles. The fourth-order valence-corrected chi connectivity index (χ4v) is 1.11. The van der Waals surface area contributed by atoms with E-state index in [1.807, 2.05) is 0 Å². The van der Waals surface area contributed by atoms with Crippen molar-refractivity contribution in [3.63, 3.8) is 0 Å². The summed E-state index contributed by atoms with van der Waals surface area (Å²) < 4.78 is 0.666. The molecule has 2 nitrogen and oxygen atoms in total. The summed E-state index contributed by atoms with van der Waals surface area (Å²) in [5, 5.41) is 9.11. The minimum atomic E-state index is -0.0250. The van der Waals surface area contributed by atoms with Crippen LogP contribution >= 0.6 is 27.5 Å². The van der Waals surface area contributed by atoms with Crippen LogP contribution in [0.5, 0.6) is 0 Å². The van der Waals surface area contributed by atoms with Crippen molar-refractivity contribution in [1.82, 2.24) is 4.98 Å². The Bertz CT molecular complexity index is 241. The van der Waals surface area contributed by atoms with Crippen LogP contribution in [0, 0.1) is 0 Å². The molecule has 1 N–H and O–H groups in total. The van der Waals surface area contributed by atoms with Crippen LogP contribution in [0.15, 0.2) is 16.7 Å². The van der Waals surface area contributed by atoms with Crippen molar-refractivity contribution >= 4 is 27.5 Å². The molecule has 4 heteroatoms. The van der Waals surface area contributed by atoms with Gasteiger partial charge >= 0.3 is 0 Å². The summed E-state index contributed by atoms with van der Waals surface area (Å²) in [7, 11) is 0. The summed E-state index contributed by atoms with van der Waals surface area (Å²) in [5.74, 6) is 0. The van der Waals surface area contributed by atoms with E-state index in [0.29, 0.717) is 9.63 Å². The molecule has 0 aliphatic heterocycles. The number of hydrogen-bond acceptors (Lipinski definition) is 2. The summed E-state index contributed by atoms with van der Waals surface area (Å²) in [6.45, 7) is -0.0250. The molecule has 0 unspecified atom stereocenters. The molecule has 0 aromatic carbocycles. The lowest BCUT2D eigenvalue weighted by Crippen LogP contribution is -1.86. The number of aromatic nitrogens is 1. The maximum Gasteiger partial charge on any atom is 0.143 e. The molecule has 54 valence electrons. The smallest absolute Gasteiger partial charge is 0.143 e. The van der Waals surface area contributed by atoms with Crippen molar-refractivity contribution in [2.24, 2.45) is 0 Å². The van der Waals surface area contributed by atoms with Crippen LogP contribution < -0.4 is 0 Å². The Morgan fingerprint density at radius 1 is 1.70 bits per heavy atom. The van der Waals surface area contributed by atoms with Crippen molar-refractivity contribution in [3.8, 4) is 0 Å². The van der Waals surface area contributed by atoms with Gasteiger partial charge in [-0.25, -0.2) is 4.98 Å². The van der Waals surface area contributed by atoms with E-state index in [4.69, 9.17) is 16.7 Å². The van der Waals surface area contributed by atoms with Crippen molar-refractivity contribution < 1.29 is 5.11 Å². The van der Waals surface area contributed by atoms with Gasteiger partial charge in [-0.15, -0.1) is 0 Å². The third kappa shape index (κ3) is 1.48. The maximum atomic E-state index is 8.73. The normalized spacial score (nSPS) is 9.90. The van der Waals surface area contributed by atoms with Crippen LogP contribution in [0.1, 0.15) is 5.56 Å². The highest BCUT2D eigenvalue weighted by Gasteiger charge is 2.01. The molecule has 0 spiro atoms. The number of aliphatic hydroxyl groups excluding tert-OH is 1. The van der Waals surface area contributed by atoms with Gasteiger partial charge in [-0.05, 0) is 27.6 Å². The fourth-order valence-electron chi connectivity index (χ4n) is 0.577. The van der Waals surface area contributed by atoms with E-state index in [2.05, 4.69) is 20.9 Å². The molecule has 0 aliphatic rings. The lowest BCUT2D eigenvalue weighted by molar-refractivity contribution is 0.281. The lowest BCUT2D eigenvalue weighted by atomic mass is 10.3. The lowest BCUT2D eigenvalue weighted by Gasteiger charge is -1.99. The van der Waals surface area contributed by atoms with E-state index in [0.717, 1.165) is 5.56 Å². The summed E-state index contributed by atoms with van der Waals surface area (Å²) in [5.41, 5.74) is 0.750. The number of nitrogens with zero attached hydrogens (tertiary/aromatic N) is 1. The van der Waals surface area contributed by atoms with Crippen LogP contribution in [0.4, 0.5) is 0 Å². The standard InChI is InChI=1S/C6H5BrClNO/c7-5-4(3-10)1-2-9-6(5)8/h1-2,10H,3H2. The summed E-state index contributed by atoms with van der Waals surface area (Å²) in [6.07, 6.45) is 1.55. The van der Waals surface area contributed by atoms with Gasteiger partial charge in [0.2, 0.25) is 0 Å². The van der Waals surface area contributed by atoms with Crippen molar-refractivity contribution in [2.75, 3.05) is 0 Å². The zero-order valence-corrected chi connectivity index (χ0v) is 7.35. The largest absolute Gasteiger partial charge is 0.392 e. The second kappa shape index (κ2) is 3.32. The van der Waals surface area contributed by atoms with Gasteiger partial charge in [-0.2, -0.15) is 0 Å². The average Bonchev–Trinajstić information content (AvgIpc) is 1.95. The number of rotatable bonds is 1. The van der Waals surface area contributed by atoms with Gasteiger partial charge in [0.25, 0.3) is 0 Å². The fraction of sp³-hybridized carbons (Fsp3) is 0.167. The summed E-state index contributed by atoms with van der Waals surface area (Å²) in [6, 6.07) is 1.70. The van der Waals surface area contributed by atoms with Crippen molar-refractivity contribution in [2.45, 2.75) is 6.61 Å². The Morgan fingerprint density at radius 3 is 2.90 bits per heavy atom. The van der Waals surface area contributed by atoms with Crippen LogP contribution in [-0.2, 0) is 6.61 Å². The van der Waals surface area contributed by atoms with E-state index in [-0.39, 0.29) is 6.61 Å². The molecular formula is C6H5BrClNO. The van der Waals surface area contributed by atoms with Gasteiger partial charge < -0.3 is 5.11 Å². The molecular weight excluding hydrogens is 217 g/mol. The highest BCUT2D eigenvalue weighted by atomic mass is 79.9. The van der Waals surface area contributed by atoms with Crippen LogP contribution in [0.25, 0.3) is 0 Å². The molecule has 10 heavy (non-hydrogen) atoms. The second-order valence-electron chi connectivity index (χ2n) is 1.73. The van der Waals surface area contributed by atoms with E-state index in [1.165, 1.54) is 0 Å². The Kier molecular flexibility index (Phi) is 2.65. The topological polar surface area (TPSA) is 33.1 Å². The first-order valence-electron chi connectivity index (χ1n) is 2.65. The van der Waals surface area contributed by atoms with Gasteiger partial charge in [0, 0.05) is 6.20 Å².